The normalized spacial score (nSPS) is 11.6. The average molecular weight is 240 g/mol. The summed E-state index contributed by atoms with van der Waals surface area (Å²) in [5.74, 6) is -0.0191. The Bertz CT molecular complexity index is 417. The Morgan fingerprint density at radius 1 is 1.46 bits per heavy atom. The monoisotopic (exact) mass is 239 g/mol. The zero-order valence-electron chi connectivity index (χ0n) is 6.79. The standard InChI is InChI=1S/C7H7Cl2NO2S/c1-2-13(11,12)6-3-5(8)4-10-7(6)9/h3-4H,2H2,1H3. The molecule has 1 rings (SSSR count). The zero-order valence-corrected chi connectivity index (χ0v) is 9.12. The molecule has 0 aliphatic heterocycles. The Kier molecular flexibility index (Phi) is 3.16. The molecular weight excluding hydrogens is 233 g/mol. The second kappa shape index (κ2) is 3.82. The van der Waals surface area contributed by atoms with Gasteiger partial charge in [-0.05, 0) is 6.07 Å². The van der Waals surface area contributed by atoms with Crippen LogP contribution in [0.4, 0.5) is 0 Å². The van der Waals surface area contributed by atoms with Crippen molar-refractivity contribution in [2.75, 3.05) is 5.75 Å². The van der Waals surface area contributed by atoms with E-state index in [0.29, 0.717) is 0 Å². The molecule has 72 valence electrons. The van der Waals surface area contributed by atoms with Crippen LogP contribution >= 0.6 is 23.2 Å². The number of pyridine rings is 1. The maximum absolute atomic E-state index is 11.4. The van der Waals surface area contributed by atoms with Gasteiger partial charge in [0.1, 0.15) is 10.0 Å². The van der Waals surface area contributed by atoms with E-state index < -0.39 is 9.84 Å². The lowest BCUT2D eigenvalue weighted by Crippen LogP contribution is -2.05. The molecule has 0 fully saturated rings. The fourth-order valence-electron chi connectivity index (χ4n) is 0.778. The Labute approximate surface area is 86.6 Å². The molecule has 0 amide bonds. The minimum Gasteiger partial charge on any atom is -0.242 e. The zero-order chi connectivity index (χ0) is 10.1. The molecule has 0 spiro atoms. The molecule has 0 aliphatic carbocycles. The first kappa shape index (κ1) is 10.8. The molecule has 13 heavy (non-hydrogen) atoms. The topological polar surface area (TPSA) is 47.0 Å². The Balaban J connectivity index is 3.38. The van der Waals surface area contributed by atoms with Crippen molar-refractivity contribution in [3.63, 3.8) is 0 Å². The van der Waals surface area contributed by atoms with Gasteiger partial charge in [-0.25, -0.2) is 13.4 Å². The summed E-state index contributed by atoms with van der Waals surface area (Å²) in [4.78, 5) is 3.64. The van der Waals surface area contributed by atoms with Crippen LogP contribution in [0.3, 0.4) is 0 Å². The molecule has 0 atom stereocenters. The molecule has 1 heterocycles. The van der Waals surface area contributed by atoms with Crippen LogP contribution in [-0.4, -0.2) is 19.2 Å². The quantitative estimate of drug-likeness (QED) is 0.744. The summed E-state index contributed by atoms with van der Waals surface area (Å²) >= 11 is 11.2. The molecule has 0 N–H and O–H groups in total. The smallest absolute Gasteiger partial charge is 0.181 e. The molecule has 0 saturated carbocycles. The average Bonchev–Trinajstić information content (AvgIpc) is 2.09. The van der Waals surface area contributed by atoms with Gasteiger partial charge >= 0.3 is 0 Å². The molecule has 0 radical (unpaired) electrons. The van der Waals surface area contributed by atoms with Crippen LogP contribution in [0.2, 0.25) is 10.2 Å². The van der Waals surface area contributed by atoms with E-state index in [1.165, 1.54) is 19.2 Å². The summed E-state index contributed by atoms with van der Waals surface area (Å²) in [6.07, 6.45) is 1.30. The molecule has 0 unspecified atom stereocenters. The molecule has 6 heteroatoms. The van der Waals surface area contributed by atoms with Crippen LogP contribution < -0.4 is 0 Å². The van der Waals surface area contributed by atoms with E-state index in [4.69, 9.17) is 23.2 Å². The third kappa shape index (κ3) is 2.33. The van der Waals surface area contributed by atoms with Gasteiger partial charge in [0.05, 0.1) is 10.8 Å². The minimum atomic E-state index is -3.33. The van der Waals surface area contributed by atoms with Gasteiger partial charge in [0.25, 0.3) is 0 Å². The molecular formula is C7H7Cl2NO2S. The highest BCUT2D eigenvalue weighted by Crippen LogP contribution is 2.23. The van der Waals surface area contributed by atoms with Crippen LogP contribution in [0, 0.1) is 0 Å². The van der Waals surface area contributed by atoms with Crippen LogP contribution in [0.1, 0.15) is 6.92 Å². The SMILES string of the molecule is CCS(=O)(=O)c1cc(Cl)cnc1Cl. The van der Waals surface area contributed by atoms with Gasteiger partial charge in [0, 0.05) is 6.20 Å². The third-order valence-electron chi connectivity index (χ3n) is 1.49. The molecule has 3 nitrogen and oxygen atoms in total. The number of halogens is 2. The Hall–Kier alpha value is -0.320. The number of rotatable bonds is 2. The van der Waals surface area contributed by atoms with Crippen molar-refractivity contribution in [3.05, 3.63) is 22.4 Å². The maximum Gasteiger partial charge on any atom is 0.181 e. The highest BCUT2D eigenvalue weighted by molar-refractivity contribution is 7.91. The van der Waals surface area contributed by atoms with Gasteiger partial charge in [-0.1, -0.05) is 30.1 Å². The summed E-state index contributed by atoms with van der Waals surface area (Å²) in [6, 6.07) is 1.30. The first-order valence-corrected chi connectivity index (χ1v) is 5.92. The summed E-state index contributed by atoms with van der Waals surface area (Å²) in [7, 11) is -3.33. The number of aromatic nitrogens is 1. The van der Waals surface area contributed by atoms with Crippen LogP contribution in [0.15, 0.2) is 17.2 Å². The van der Waals surface area contributed by atoms with Gasteiger partial charge in [0.15, 0.2) is 9.84 Å². The van der Waals surface area contributed by atoms with Crippen LogP contribution in [0.25, 0.3) is 0 Å². The van der Waals surface area contributed by atoms with Crippen molar-refractivity contribution in [2.45, 2.75) is 11.8 Å². The number of sulfone groups is 1. The van der Waals surface area contributed by atoms with E-state index in [1.807, 2.05) is 0 Å². The van der Waals surface area contributed by atoms with E-state index in [1.54, 1.807) is 0 Å². The summed E-state index contributed by atoms with van der Waals surface area (Å²) < 4.78 is 22.8. The van der Waals surface area contributed by atoms with Gasteiger partial charge in [-0.2, -0.15) is 0 Å². The van der Waals surface area contributed by atoms with Crippen molar-refractivity contribution >= 4 is 33.0 Å². The second-order valence-corrected chi connectivity index (χ2v) is 5.39. The fraction of sp³-hybridized carbons (Fsp3) is 0.286. The molecule has 1 aromatic rings. The summed E-state index contributed by atoms with van der Waals surface area (Å²) in [5.41, 5.74) is 0. The highest BCUT2D eigenvalue weighted by atomic mass is 35.5. The van der Waals surface area contributed by atoms with Gasteiger partial charge < -0.3 is 0 Å². The van der Waals surface area contributed by atoms with E-state index in [9.17, 15) is 8.42 Å². The lowest BCUT2D eigenvalue weighted by Gasteiger charge is -2.02. The predicted molar refractivity (Wildman–Crippen MR) is 52.0 cm³/mol. The van der Waals surface area contributed by atoms with Crippen molar-refractivity contribution in [3.8, 4) is 0 Å². The van der Waals surface area contributed by atoms with Gasteiger partial charge in [-0.3, -0.25) is 0 Å². The Morgan fingerprint density at radius 3 is 2.62 bits per heavy atom. The fourth-order valence-corrected chi connectivity index (χ4v) is 2.38. The van der Waals surface area contributed by atoms with E-state index in [0.717, 1.165) is 0 Å². The first-order valence-electron chi connectivity index (χ1n) is 3.51. The lowest BCUT2D eigenvalue weighted by molar-refractivity contribution is 0.597. The molecule has 0 aliphatic rings. The van der Waals surface area contributed by atoms with Gasteiger partial charge in [0.2, 0.25) is 0 Å². The third-order valence-corrected chi connectivity index (χ3v) is 3.85. The largest absolute Gasteiger partial charge is 0.242 e. The van der Waals surface area contributed by atoms with E-state index in [2.05, 4.69) is 4.98 Å². The van der Waals surface area contributed by atoms with Crippen molar-refractivity contribution in [1.29, 1.82) is 0 Å². The van der Waals surface area contributed by atoms with Crippen LogP contribution in [0.5, 0.6) is 0 Å². The maximum atomic E-state index is 11.4. The van der Waals surface area contributed by atoms with Gasteiger partial charge in [-0.15, -0.1) is 0 Å². The van der Waals surface area contributed by atoms with E-state index >= 15 is 0 Å². The number of hydrogen-bond acceptors (Lipinski definition) is 3. The van der Waals surface area contributed by atoms with Crippen molar-refractivity contribution in [1.82, 2.24) is 4.98 Å². The Morgan fingerprint density at radius 2 is 2.08 bits per heavy atom. The first-order chi connectivity index (χ1) is 5.97. The predicted octanol–water partition coefficient (Wildman–Crippen LogP) is 2.18. The number of hydrogen-bond donors (Lipinski definition) is 0. The molecule has 0 bridgehead atoms. The number of nitrogens with zero attached hydrogens (tertiary/aromatic N) is 1. The van der Waals surface area contributed by atoms with Crippen LogP contribution in [-0.2, 0) is 9.84 Å². The second-order valence-electron chi connectivity index (χ2n) is 2.35. The van der Waals surface area contributed by atoms with Crippen molar-refractivity contribution < 1.29 is 8.42 Å². The minimum absolute atomic E-state index is 0.0100. The molecule has 0 aromatic carbocycles. The van der Waals surface area contributed by atoms with Crippen molar-refractivity contribution in [2.24, 2.45) is 0 Å². The summed E-state index contributed by atoms with van der Waals surface area (Å²) in [6.45, 7) is 1.53. The highest BCUT2D eigenvalue weighted by Gasteiger charge is 2.16. The molecule has 1 aromatic heterocycles. The van der Waals surface area contributed by atoms with E-state index in [-0.39, 0.29) is 20.8 Å². The summed E-state index contributed by atoms with van der Waals surface area (Å²) in [5, 5.41) is 0.225. The lowest BCUT2D eigenvalue weighted by atomic mass is 10.5. The molecule has 0 saturated heterocycles.